The number of anilines is 2. The van der Waals surface area contributed by atoms with Crippen molar-refractivity contribution in [1.82, 2.24) is 34.1 Å². The number of amides is 2. The van der Waals surface area contributed by atoms with Gasteiger partial charge in [-0.25, -0.2) is 38.1 Å². The zero-order valence-corrected chi connectivity index (χ0v) is 29.6. The molecule has 3 aliphatic rings. The molecule has 17 heteroatoms. The quantitative estimate of drug-likeness (QED) is 0.140. The Hall–Kier alpha value is -6.26. The SMILES string of the molecule is Cn1c(-c2cc(F)cnc2OCCOc2ncnc(OC3CC3)c2-c2cc3cc(NC(=O)C4CC4F)ncc3n2C)cc2cc(NC(=O)C3CC3F)ncc21. The molecule has 55 heavy (non-hydrogen) atoms. The number of aryl methyl sites for hydroxylation is 2. The minimum atomic E-state index is -1.13. The Morgan fingerprint density at radius 3 is 1.85 bits per heavy atom. The van der Waals surface area contributed by atoms with Crippen molar-refractivity contribution in [1.29, 1.82) is 0 Å². The van der Waals surface area contributed by atoms with Crippen molar-refractivity contribution >= 4 is 45.3 Å². The number of carbonyl (C=O) groups excluding carboxylic acids is 2. The number of rotatable bonds is 13. The summed E-state index contributed by atoms with van der Waals surface area (Å²) in [5.41, 5.74) is 3.62. The van der Waals surface area contributed by atoms with Crippen molar-refractivity contribution in [3.05, 3.63) is 61.1 Å². The summed E-state index contributed by atoms with van der Waals surface area (Å²) in [6.45, 7) is 0.0295. The lowest BCUT2D eigenvalue weighted by Gasteiger charge is -2.16. The van der Waals surface area contributed by atoms with Crippen LogP contribution < -0.4 is 24.8 Å². The third kappa shape index (κ3) is 6.85. The lowest BCUT2D eigenvalue weighted by molar-refractivity contribution is -0.118. The van der Waals surface area contributed by atoms with E-state index < -0.39 is 41.8 Å². The predicted molar refractivity (Wildman–Crippen MR) is 194 cm³/mol. The first-order chi connectivity index (χ1) is 26.6. The smallest absolute Gasteiger partial charge is 0.231 e. The first kappa shape index (κ1) is 34.5. The van der Waals surface area contributed by atoms with Crippen LogP contribution in [0.25, 0.3) is 44.3 Å². The predicted octanol–water partition coefficient (Wildman–Crippen LogP) is 5.71. The van der Waals surface area contributed by atoms with E-state index in [2.05, 4.69) is 35.6 Å². The van der Waals surface area contributed by atoms with Crippen LogP contribution in [0.1, 0.15) is 25.7 Å². The van der Waals surface area contributed by atoms with Crippen LogP contribution in [0, 0.1) is 17.7 Å². The molecule has 0 bridgehead atoms. The van der Waals surface area contributed by atoms with Gasteiger partial charge in [-0.1, -0.05) is 0 Å². The van der Waals surface area contributed by atoms with Crippen LogP contribution in [-0.4, -0.2) is 77.5 Å². The van der Waals surface area contributed by atoms with Gasteiger partial charge < -0.3 is 34.0 Å². The van der Waals surface area contributed by atoms with Gasteiger partial charge in [0.2, 0.25) is 29.5 Å². The second kappa shape index (κ2) is 13.5. The van der Waals surface area contributed by atoms with Crippen molar-refractivity contribution in [2.45, 2.75) is 44.1 Å². The second-order valence-corrected chi connectivity index (χ2v) is 14.0. The van der Waals surface area contributed by atoms with E-state index in [-0.39, 0.29) is 49.7 Å². The highest BCUT2D eigenvalue weighted by molar-refractivity contribution is 5.98. The summed E-state index contributed by atoms with van der Waals surface area (Å²) in [6.07, 6.45) is 5.63. The maximum Gasteiger partial charge on any atom is 0.231 e. The molecular formula is C38H34F3N9O5. The Bertz CT molecular complexity index is 2500. The van der Waals surface area contributed by atoms with Crippen LogP contribution in [0.5, 0.6) is 17.6 Å². The van der Waals surface area contributed by atoms with Gasteiger partial charge in [0.15, 0.2) is 0 Å². The molecule has 0 aliphatic heterocycles. The van der Waals surface area contributed by atoms with E-state index in [0.717, 1.165) is 29.9 Å². The second-order valence-electron chi connectivity index (χ2n) is 14.0. The van der Waals surface area contributed by atoms with Crippen LogP contribution >= 0.6 is 0 Å². The van der Waals surface area contributed by atoms with Crippen molar-refractivity contribution in [3.8, 4) is 40.2 Å². The summed E-state index contributed by atoms with van der Waals surface area (Å²) in [7, 11) is 3.65. The lowest BCUT2D eigenvalue weighted by atomic mass is 10.2. The molecule has 14 nitrogen and oxygen atoms in total. The average molecular weight is 754 g/mol. The lowest BCUT2D eigenvalue weighted by Crippen LogP contribution is -2.15. The molecule has 4 atom stereocenters. The summed E-state index contributed by atoms with van der Waals surface area (Å²) in [5, 5.41) is 6.84. The van der Waals surface area contributed by atoms with E-state index in [1.54, 1.807) is 37.6 Å². The summed E-state index contributed by atoms with van der Waals surface area (Å²) in [5.74, 6) is -1.33. The fraction of sp³-hybridized carbons (Fsp3) is 0.342. The van der Waals surface area contributed by atoms with Gasteiger partial charge in [-0.3, -0.25) is 9.59 Å². The Balaban J connectivity index is 0.942. The fourth-order valence-corrected chi connectivity index (χ4v) is 6.53. The molecule has 2 amide bonds. The molecule has 0 radical (unpaired) electrons. The topological polar surface area (TPSA) is 160 Å². The Labute approximate surface area is 311 Å². The highest BCUT2D eigenvalue weighted by Crippen LogP contribution is 2.41. The normalized spacial score (nSPS) is 20.0. The minimum absolute atomic E-state index is 0.00905. The van der Waals surface area contributed by atoms with Gasteiger partial charge in [-0.05, 0) is 56.0 Å². The molecule has 9 rings (SSSR count). The molecule has 6 aromatic rings. The zero-order chi connectivity index (χ0) is 38.0. The Kier molecular flexibility index (Phi) is 8.50. The molecular weight excluding hydrogens is 719 g/mol. The van der Waals surface area contributed by atoms with Crippen LogP contribution in [-0.2, 0) is 23.7 Å². The van der Waals surface area contributed by atoms with Gasteiger partial charge in [0, 0.05) is 24.9 Å². The van der Waals surface area contributed by atoms with Crippen molar-refractivity contribution in [2.75, 3.05) is 23.8 Å². The molecule has 4 unspecified atom stereocenters. The minimum Gasteiger partial charge on any atom is -0.474 e. The van der Waals surface area contributed by atoms with Crippen LogP contribution in [0.2, 0.25) is 0 Å². The van der Waals surface area contributed by atoms with E-state index in [4.69, 9.17) is 14.2 Å². The number of hydrogen-bond acceptors (Lipinski definition) is 10. The highest BCUT2D eigenvalue weighted by atomic mass is 19.1. The number of carbonyl (C=O) groups is 2. The first-order valence-corrected chi connectivity index (χ1v) is 17.9. The van der Waals surface area contributed by atoms with Crippen molar-refractivity contribution in [3.63, 3.8) is 0 Å². The van der Waals surface area contributed by atoms with E-state index in [1.807, 2.05) is 22.2 Å². The zero-order valence-electron chi connectivity index (χ0n) is 29.6. The number of nitrogens with zero attached hydrogens (tertiary/aromatic N) is 7. The van der Waals surface area contributed by atoms with Gasteiger partial charge in [0.25, 0.3) is 0 Å². The molecule has 282 valence electrons. The fourth-order valence-electron chi connectivity index (χ4n) is 6.53. The van der Waals surface area contributed by atoms with Crippen molar-refractivity contribution < 1.29 is 37.0 Å². The summed E-state index contributed by atoms with van der Waals surface area (Å²) in [4.78, 5) is 46.4. The van der Waals surface area contributed by atoms with Gasteiger partial charge in [0.1, 0.15) is 61.0 Å². The number of alkyl halides is 2. The maximum atomic E-state index is 14.6. The molecule has 3 saturated carbocycles. The molecule has 0 saturated heterocycles. The maximum absolute atomic E-state index is 14.6. The molecule has 0 spiro atoms. The van der Waals surface area contributed by atoms with Gasteiger partial charge in [-0.2, -0.15) is 0 Å². The molecule has 3 fully saturated rings. The number of ether oxygens (including phenoxy) is 3. The van der Waals surface area contributed by atoms with Gasteiger partial charge in [0.05, 0.1) is 58.4 Å². The molecule has 0 aromatic carbocycles. The monoisotopic (exact) mass is 753 g/mol. The average Bonchev–Trinajstić information content (AvgIpc) is 4.12. The number of halogens is 3. The van der Waals surface area contributed by atoms with E-state index in [9.17, 15) is 22.8 Å². The molecule has 6 heterocycles. The molecule has 3 aliphatic carbocycles. The molecule has 6 aromatic heterocycles. The first-order valence-electron chi connectivity index (χ1n) is 17.9. The number of nitrogens with one attached hydrogen (secondary N) is 2. The number of hydrogen-bond donors (Lipinski definition) is 2. The van der Waals surface area contributed by atoms with E-state index in [1.165, 1.54) is 12.4 Å². The highest BCUT2D eigenvalue weighted by Gasteiger charge is 2.44. The van der Waals surface area contributed by atoms with Crippen molar-refractivity contribution in [2.24, 2.45) is 25.9 Å². The van der Waals surface area contributed by atoms with Crippen LogP contribution in [0.3, 0.4) is 0 Å². The van der Waals surface area contributed by atoms with E-state index in [0.29, 0.717) is 45.1 Å². The molecule has 2 N–H and O–H groups in total. The Morgan fingerprint density at radius 2 is 1.27 bits per heavy atom. The Morgan fingerprint density at radius 1 is 0.727 bits per heavy atom. The van der Waals surface area contributed by atoms with Gasteiger partial charge >= 0.3 is 0 Å². The number of aromatic nitrogens is 7. The largest absolute Gasteiger partial charge is 0.474 e. The van der Waals surface area contributed by atoms with Crippen LogP contribution in [0.15, 0.2) is 55.2 Å². The summed E-state index contributed by atoms with van der Waals surface area (Å²) < 4.78 is 63.6. The van der Waals surface area contributed by atoms with Gasteiger partial charge in [-0.15, -0.1) is 0 Å². The summed E-state index contributed by atoms with van der Waals surface area (Å²) >= 11 is 0. The van der Waals surface area contributed by atoms with E-state index >= 15 is 0 Å². The number of fused-ring (bicyclic) bond motifs is 2. The standard InChI is InChI=1S/C38H34F3N9O5/c1-49-27(7-18-9-31(42-15-29(18)49)47-34(51)22-12-25(22)40)24-11-20(39)14-44-36(24)53-5-6-54-37-33(38(46-17-45-37)55-21-3-4-21)28-8-19-10-32(43-16-30(19)50(28)2)48-35(52)23-13-26(23)41/h7-11,14-17,21-23,25-26H,3-6,12-13H2,1-2H3,(H,42,47,51)(H,43,48,52). The third-order valence-corrected chi connectivity index (χ3v) is 9.95. The number of pyridine rings is 3. The summed E-state index contributed by atoms with van der Waals surface area (Å²) in [6, 6.07) is 8.41. The van der Waals surface area contributed by atoms with Crippen LogP contribution in [0.4, 0.5) is 24.8 Å². The third-order valence-electron chi connectivity index (χ3n) is 9.95.